The number of fused-ring (bicyclic) bond motifs is 1. The van der Waals surface area contributed by atoms with Crippen LogP contribution in [-0.2, 0) is 25.7 Å². The summed E-state index contributed by atoms with van der Waals surface area (Å²) in [5, 5.41) is 17.1. The van der Waals surface area contributed by atoms with Gasteiger partial charge in [0.05, 0.1) is 17.7 Å². The molecule has 4 rings (SSSR count). The molecule has 0 bridgehead atoms. The van der Waals surface area contributed by atoms with Crippen molar-refractivity contribution in [1.29, 1.82) is 0 Å². The Morgan fingerprint density at radius 1 is 0.953 bits per heavy atom. The van der Waals surface area contributed by atoms with Gasteiger partial charge in [0.2, 0.25) is 0 Å². The fraction of sp³-hybridized carbons (Fsp3) is 0.455. The molecule has 0 saturated carbocycles. The summed E-state index contributed by atoms with van der Waals surface area (Å²) in [7, 11) is 0. The molecular formula is C33H41F3N4O3. The summed E-state index contributed by atoms with van der Waals surface area (Å²) in [6, 6.07) is 17.3. The lowest BCUT2D eigenvalue weighted by Crippen LogP contribution is -2.50. The Labute approximate surface area is 251 Å². The highest BCUT2D eigenvalue weighted by Gasteiger charge is 2.33. The second-order valence-electron chi connectivity index (χ2n) is 11.2. The van der Waals surface area contributed by atoms with E-state index in [2.05, 4.69) is 24.5 Å². The zero-order valence-electron chi connectivity index (χ0n) is 24.7. The largest absolute Gasteiger partial charge is 0.416 e. The molecule has 1 aliphatic rings. The molecule has 2 aromatic carbocycles. The summed E-state index contributed by atoms with van der Waals surface area (Å²) in [5.41, 5.74) is 1.45. The van der Waals surface area contributed by atoms with Gasteiger partial charge in [0.15, 0.2) is 0 Å². The molecule has 0 radical (unpaired) electrons. The molecule has 0 saturated heterocycles. The van der Waals surface area contributed by atoms with Crippen LogP contribution in [0.4, 0.5) is 13.2 Å². The van der Waals surface area contributed by atoms with E-state index in [9.17, 15) is 27.9 Å². The molecule has 7 nitrogen and oxygen atoms in total. The monoisotopic (exact) mass is 598 g/mol. The first-order valence-electron chi connectivity index (χ1n) is 15.0. The van der Waals surface area contributed by atoms with Crippen molar-refractivity contribution in [3.8, 4) is 0 Å². The summed E-state index contributed by atoms with van der Waals surface area (Å²) in [5.74, 6) is -0.471. The Hall–Kier alpha value is -3.63. The lowest BCUT2D eigenvalue weighted by atomic mass is 10.0. The Kier molecular flexibility index (Phi) is 11.0. The van der Waals surface area contributed by atoms with Crippen molar-refractivity contribution in [2.75, 3.05) is 13.1 Å². The number of aliphatic hydroxyl groups excluding tert-OH is 1. The van der Waals surface area contributed by atoms with Gasteiger partial charge in [-0.25, -0.2) is 0 Å². The number of halogens is 3. The molecular weight excluding hydrogens is 557 g/mol. The van der Waals surface area contributed by atoms with Crippen LogP contribution in [0.2, 0.25) is 0 Å². The van der Waals surface area contributed by atoms with Gasteiger partial charge in [0.1, 0.15) is 11.4 Å². The zero-order valence-corrected chi connectivity index (χ0v) is 24.7. The van der Waals surface area contributed by atoms with Gasteiger partial charge < -0.3 is 25.2 Å². The maximum absolute atomic E-state index is 13.5. The fourth-order valence-corrected chi connectivity index (χ4v) is 5.78. The van der Waals surface area contributed by atoms with Gasteiger partial charge in [0, 0.05) is 32.2 Å². The van der Waals surface area contributed by atoms with E-state index in [4.69, 9.17) is 0 Å². The smallest absolute Gasteiger partial charge is 0.390 e. The number of hydrogen-bond donors (Lipinski definition) is 3. The SMILES string of the molecule is CCCC(CCC)N1CCn2c(C(=O)NC(Cc3ccccc3)C(O)CNCc3cccc(C(F)(F)F)c3)ccc2C1=O. The lowest BCUT2D eigenvalue weighted by molar-refractivity contribution is -0.137. The first kappa shape index (κ1) is 32.3. The number of carbonyl (C=O) groups excluding carboxylic acids is 2. The molecule has 0 spiro atoms. The number of nitrogens with one attached hydrogen (secondary N) is 2. The number of aromatic nitrogens is 1. The molecule has 2 amide bonds. The number of rotatable bonds is 14. The minimum atomic E-state index is -4.44. The van der Waals surface area contributed by atoms with E-state index in [0.29, 0.717) is 36.5 Å². The van der Waals surface area contributed by atoms with Crippen molar-refractivity contribution in [2.24, 2.45) is 0 Å². The number of amides is 2. The first-order chi connectivity index (χ1) is 20.6. The number of alkyl halides is 3. The highest BCUT2D eigenvalue weighted by atomic mass is 19.4. The van der Waals surface area contributed by atoms with E-state index in [1.165, 1.54) is 6.07 Å². The van der Waals surface area contributed by atoms with Crippen LogP contribution in [0.3, 0.4) is 0 Å². The van der Waals surface area contributed by atoms with Crippen molar-refractivity contribution in [2.45, 2.75) is 83.4 Å². The van der Waals surface area contributed by atoms with Crippen LogP contribution in [0, 0.1) is 0 Å². The highest BCUT2D eigenvalue weighted by Crippen LogP contribution is 2.29. The van der Waals surface area contributed by atoms with Gasteiger partial charge in [-0.1, -0.05) is 75.2 Å². The molecule has 10 heteroatoms. The minimum absolute atomic E-state index is 0.0456. The Balaban J connectivity index is 1.45. The van der Waals surface area contributed by atoms with E-state index < -0.39 is 29.8 Å². The van der Waals surface area contributed by atoms with Gasteiger partial charge in [-0.2, -0.15) is 13.2 Å². The third-order valence-electron chi connectivity index (χ3n) is 7.96. The number of benzene rings is 2. The Bertz CT molecular complexity index is 1350. The summed E-state index contributed by atoms with van der Waals surface area (Å²) in [4.78, 5) is 28.9. The van der Waals surface area contributed by atoms with Crippen LogP contribution in [-0.4, -0.2) is 57.7 Å². The predicted molar refractivity (Wildman–Crippen MR) is 160 cm³/mol. The molecule has 3 aromatic rings. The van der Waals surface area contributed by atoms with Gasteiger partial charge in [-0.3, -0.25) is 9.59 Å². The Morgan fingerprint density at radius 2 is 1.65 bits per heavy atom. The van der Waals surface area contributed by atoms with Gasteiger partial charge in [-0.15, -0.1) is 0 Å². The molecule has 43 heavy (non-hydrogen) atoms. The molecule has 1 aliphatic heterocycles. The van der Waals surface area contributed by atoms with Crippen LogP contribution >= 0.6 is 0 Å². The second-order valence-corrected chi connectivity index (χ2v) is 11.2. The summed E-state index contributed by atoms with van der Waals surface area (Å²) in [6.07, 6.45) is -1.27. The molecule has 3 N–H and O–H groups in total. The topological polar surface area (TPSA) is 86.6 Å². The highest BCUT2D eigenvalue weighted by molar-refractivity contribution is 5.99. The second kappa shape index (κ2) is 14.7. The fourth-order valence-electron chi connectivity index (χ4n) is 5.78. The Morgan fingerprint density at radius 3 is 2.33 bits per heavy atom. The molecule has 2 heterocycles. The summed E-state index contributed by atoms with van der Waals surface area (Å²) in [6.45, 7) is 5.43. The third kappa shape index (κ3) is 8.26. The molecule has 1 aromatic heterocycles. The van der Waals surface area contributed by atoms with Gasteiger partial charge in [-0.05, 0) is 48.6 Å². The standard InChI is InChI=1S/C33H41F3N4O3/c1-3-9-26(10-4-2)39-17-18-40-28(15-16-29(40)32(39)43)31(42)38-27(20-23-11-6-5-7-12-23)30(41)22-37-21-24-13-8-14-25(19-24)33(34,35)36/h5-8,11-16,19,26-27,30,37,41H,3-4,9-10,17-18,20-22H2,1-2H3,(H,38,42). The van der Waals surface area contributed by atoms with E-state index >= 15 is 0 Å². The maximum atomic E-state index is 13.5. The molecule has 2 unspecified atom stereocenters. The predicted octanol–water partition coefficient (Wildman–Crippen LogP) is 5.42. The lowest BCUT2D eigenvalue weighted by Gasteiger charge is -2.36. The number of aliphatic hydroxyl groups is 1. The van der Waals surface area contributed by atoms with Crippen molar-refractivity contribution in [3.63, 3.8) is 0 Å². The van der Waals surface area contributed by atoms with Crippen molar-refractivity contribution in [1.82, 2.24) is 20.1 Å². The van der Waals surface area contributed by atoms with Crippen LogP contribution in [0.5, 0.6) is 0 Å². The molecule has 0 aliphatic carbocycles. The quantitative estimate of drug-likeness (QED) is 0.231. The van der Waals surface area contributed by atoms with E-state index in [0.717, 1.165) is 43.4 Å². The zero-order chi connectivity index (χ0) is 31.0. The van der Waals surface area contributed by atoms with Crippen LogP contribution in [0.25, 0.3) is 0 Å². The maximum Gasteiger partial charge on any atom is 0.416 e. The summed E-state index contributed by atoms with van der Waals surface area (Å²) >= 11 is 0. The molecule has 2 atom stereocenters. The average molecular weight is 599 g/mol. The van der Waals surface area contributed by atoms with Crippen molar-refractivity contribution in [3.05, 3.63) is 94.8 Å². The minimum Gasteiger partial charge on any atom is -0.390 e. The molecule has 232 valence electrons. The van der Waals surface area contributed by atoms with Crippen LogP contribution < -0.4 is 10.6 Å². The van der Waals surface area contributed by atoms with Crippen molar-refractivity contribution >= 4 is 11.8 Å². The van der Waals surface area contributed by atoms with Gasteiger partial charge >= 0.3 is 6.18 Å². The number of nitrogens with zero attached hydrogens (tertiary/aromatic N) is 2. The number of carbonyl (C=O) groups is 2. The van der Waals surface area contributed by atoms with Crippen LogP contribution in [0.15, 0.2) is 66.7 Å². The van der Waals surface area contributed by atoms with E-state index in [-0.39, 0.29) is 25.0 Å². The first-order valence-corrected chi connectivity index (χ1v) is 15.0. The van der Waals surface area contributed by atoms with Crippen molar-refractivity contribution < 1.29 is 27.9 Å². The number of hydrogen-bond acceptors (Lipinski definition) is 4. The average Bonchev–Trinajstić information content (AvgIpc) is 3.42. The van der Waals surface area contributed by atoms with Gasteiger partial charge in [0.25, 0.3) is 11.8 Å². The van der Waals surface area contributed by atoms with E-state index in [1.54, 1.807) is 22.8 Å². The van der Waals surface area contributed by atoms with Crippen LogP contribution in [0.1, 0.15) is 77.2 Å². The normalized spacial score (nSPS) is 15.0. The van der Waals surface area contributed by atoms with E-state index in [1.807, 2.05) is 35.2 Å². The third-order valence-corrected chi connectivity index (χ3v) is 7.96. The summed E-state index contributed by atoms with van der Waals surface area (Å²) < 4.78 is 41.0. The molecule has 0 fully saturated rings.